The van der Waals surface area contributed by atoms with Crippen LogP contribution < -0.4 is 5.32 Å². The zero-order valence-electron chi connectivity index (χ0n) is 16.1. The van der Waals surface area contributed by atoms with Gasteiger partial charge in [-0.25, -0.2) is 0 Å². The number of amides is 1. The lowest BCUT2D eigenvalue weighted by molar-refractivity contribution is -0.126. The summed E-state index contributed by atoms with van der Waals surface area (Å²) < 4.78 is 0. The van der Waals surface area contributed by atoms with Gasteiger partial charge in [0.2, 0.25) is 5.91 Å². The Labute approximate surface area is 149 Å². The predicted molar refractivity (Wildman–Crippen MR) is 101 cm³/mol. The third kappa shape index (κ3) is 4.35. The molecule has 1 unspecified atom stereocenters. The van der Waals surface area contributed by atoms with Gasteiger partial charge in [-0.15, -0.1) is 0 Å². The highest BCUT2D eigenvalue weighted by Crippen LogP contribution is 2.61. The van der Waals surface area contributed by atoms with Crippen molar-refractivity contribution in [3.63, 3.8) is 0 Å². The van der Waals surface area contributed by atoms with Crippen molar-refractivity contribution in [1.29, 1.82) is 0 Å². The Morgan fingerprint density at radius 1 is 0.917 bits per heavy atom. The molecule has 0 aromatic carbocycles. The Kier molecular flexibility index (Phi) is 6.27. The van der Waals surface area contributed by atoms with E-state index in [1.54, 1.807) is 0 Å². The van der Waals surface area contributed by atoms with E-state index in [1.165, 1.54) is 77.0 Å². The second-order valence-corrected chi connectivity index (χ2v) is 9.44. The van der Waals surface area contributed by atoms with Gasteiger partial charge in [0.25, 0.3) is 0 Å². The molecule has 2 nitrogen and oxygen atoms in total. The van der Waals surface area contributed by atoms with Gasteiger partial charge in [0.05, 0.1) is 0 Å². The lowest BCUT2D eigenvalue weighted by Gasteiger charge is -2.59. The van der Waals surface area contributed by atoms with E-state index in [0.717, 1.165) is 30.6 Å². The fourth-order valence-electron chi connectivity index (χ4n) is 6.42. The summed E-state index contributed by atoms with van der Waals surface area (Å²) in [6, 6.07) is 0.392. The van der Waals surface area contributed by atoms with Crippen LogP contribution in [0.4, 0.5) is 0 Å². The van der Waals surface area contributed by atoms with E-state index in [9.17, 15) is 4.79 Å². The maximum Gasteiger partial charge on any atom is 0.220 e. The molecule has 0 radical (unpaired) electrons. The molecular formula is C22H39NO. The number of carbonyl (C=O) groups is 1. The van der Waals surface area contributed by atoms with Gasteiger partial charge < -0.3 is 5.32 Å². The molecule has 4 rings (SSSR count). The topological polar surface area (TPSA) is 29.1 Å². The summed E-state index contributed by atoms with van der Waals surface area (Å²) in [6.07, 6.45) is 18.3. The van der Waals surface area contributed by atoms with E-state index in [-0.39, 0.29) is 0 Å². The maximum absolute atomic E-state index is 12.4. The van der Waals surface area contributed by atoms with Crippen LogP contribution in [0.2, 0.25) is 0 Å². The van der Waals surface area contributed by atoms with Crippen molar-refractivity contribution in [3.05, 3.63) is 0 Å². The molecule has 1 atom stereocenters. The lowest BCUT2D eigenvalue weighted by Crippen LogP contribution is -2.55. The number of rotatable bonds is 10. The average Bonchev–Trinajstić information content (AvgIpc) is 2.52. The monoisotopic (exact) mass is 333 g/mol. The van der Waals surface area contributed by atoms with E-state index in [1.807, 2.05) is 0 Å². The smallest absolute Gasteiger partial charge is 0.220 e. The van der Waals surface area contributed by atoms with Crippen molar-refractivity contribution in [2.75, 3.05) is 0 Å². The summed E-state index contributed by atoms with van der Waals surface area (Å²) in [6.45, 7) is 4.56. The second kappa shape index (κ2) is 8.23. The van der Waals surface area contributed by atoms with Crippen molar-refractivity contribution in [1.82, 2.24) is 5.32 Å². The lowest BCUT2D eigenvalue weighted by atomic mass is 9.48. The zero-order valence-corrected chi connectivity index (χ0v) is 16.1. The minimum Gasteiger partial charge on any atom is -0.353 e. The predicted octanol–water partition coefficient (Wildman–Crippen LogP) is 5.85. The normalized spacial score (nSPS) is 35.2. The molecule has 0 aromatic rings. The van der Waals surface area contributed by atoms with Crippen LogP contribution in [-0.2, 0) is 4.79 Å². The van der Waals surface area contributed by atoms with E-state index in [2.05, 4.69) is 19.2 Å². The average molecular weight is 334 g/mol. The molecule has 0 saturated heterocycles. The van der Waals surface area contributed by atoms with Crippen LogP contribution in [0.15, 0.2) is 0 Å². The van der Waals surface area contributed by atoms with Gasteiger partial charge >= 0.3 is 0 Å². The first-order valence-corrected chi connectivity index (χ1v) is 10.9. The van der Waals surface area contributed by atoms with Gasteiger partial charge in [-0.3, -0.25) is 4.79 Å². The molecule has 138 valence electrons. The van der Waals surface area contributed by atoms with Gasteiger partial charge in [-0.1, -0.05) is 45.4 Å². The molecule has 4 saturated carbocycles. The Balaban J connectivity index is 1.36. The minimum absolute atomic E-state index is 0.312. The fourth-order valence-corrected chi connectivity index (χ4v) is 6.42. The molecule has 0 heterocycles. The molecule has 1 amide bonds. The van der Waals surface area contributed by atoms with Crippen molar-refractivity contribution in [2.45, 2.75) is 110 Å². The SMILES string of the molecule is CCCCCCCCCC(=O)NC(C)C12CC3CC(CC(C3)C1)C2. The summed E-state index contributed by atoms with van der Waals surface area (Å²) in [5.41, 5.74) is 0.449. The second-order valence-electron chi connectivity index (χ2n) is 9.44. The molecule has 0 aromatic heterocycles. The van der Waals surface area contributed by atoms with E-state index in [0.29, 0.717) is 17.4 Å². The Hall–Kier alpha value is -0.530. The van der Waals surface area contributed by atoms with Crippen molar-refractivity contribution in [3.8, 4) is 0 Å². The zero-order chi connectivity index (χ0) is 17.0. The first-order valence-electron chi connectivity index (χ1n) is 10.9. The van der Waals surface area contributed by atoms with Crippen LogP contribution in [0.25, 0.3) is 0 Å². The number of nitrogens with one attached hydrogen (secondary N) is 1. The van der Waals surface area contributed by atoms with Gasteiger partial charge in [0.15, 0.2) is 0 Å². The van der Waals surface area contributed by atoms with Gasteiger partial charge in [-0.05, 0) is 75.0 Å². The molecule has 0 spiro atoms. The van der Waals surface area contributed by atoms with Crippen molar-refractivity contribution >= 4 is 5.91 Å². The third-order valence-electron chi connectivity index (χ3n) is 7.39. The van der Waals surface area contributed by atoms with Crippen LogP contribution in [0, 0.1) is 23.2 Å². The van der Waals surface area contributed by atoms with Gasteiger partial charge in [-0.2, -0.15) is 0 Å². The van der Waals surface area contributed by atoms with Crippen LogP contribution in [0.1, 0.15) is 104 Å². The summed E-state index contributed by atoms with van der Waals surface area (Å²) in [5, 5.41) is 3.41. The van der Waals surface area contributed by atoms with Crippen LogP contribution >= 0.6 is 0 Å². The first kappa shape index (κ1) is 18.3. The maximum atomic E-state index is 12.4. The molecule has 4 aliphatic carbocycles. The van der Waals surface area contributed by atoms with E-state index < -0.39 is 0 Å². The molecule has 4 bridgehead atoms. The minimum atomic E-state index is 0.312. The molecule has 0 aliphatic heterocycles. The Bertz CT molecular complexity index is 381. The molecule has 4 fully saturated rings. The van der Waals surface area contributed by atoms with Crippen LogP contribution in [0.3, 0.4) is 0 Å². The van der Waals surface area contributed by atoms with Gasteiger partial charge in [0, 0.05) is 12.5 Å². The largest absolute Gasteiger partial charge is 0.353 e. The molecule has 24 heavy (non-hydrogen) atoms. The summed E-state index contributed by atoms with van der Waals surface area (Å²) >= 11 is 0. The summed E-state index contributed by atoms with van der Waals surface area (Å²) in [5.74, 6) is 3.22. The van der Waals surface area contributed by atoms with Crippen molar-refractivity contribution < 1.29 is 4.79 Å². The van der Waals surface area contributed by atoms with Crippen LogP contribution in [-0.4, -0.2) is 11.9 Å². The number of carbonyl (C=O) groups excluding carboxylic acids is 1. The first-order chi connectivity index (χ1) is 11.6. The highest BCUT2D eigenvalue weighted by Gasteiger charge is 2.53. The highest BCUT2D eigenvalue weighted by molar-refractivity contribution is 5.76. The fraction of sp³-hybridized carbons (Fsp3) is 0.955. The third-order valence-corrected chi connectivity index (χ3v) is 7.39. The summed E-state index contributed by atoms with van der Waals surface area (Å²) in [4.78, 5) is 12.4. The molecule has 1 N–H and O–H groups in total. The Morgan fingerprint density at radius 3 is 1.96 bits per heavy atom. The highest BCUT2D eigenvalue weighted by atomic mass is 16.1. The molecule has 2 heteroatoms. The number of hydrogen-bond donors (Lipinski definition) is 1. The van der Waals surface area contributed by atoms with Crippen LogP contribution in [0.5, 0.6) is 0 Å². The number of unbranched alkanes of at least 4 members (excludes halogenated alkanes) is 6. The molecular weight excluding hydrogens is 294 g/mol. The number of hydrogen-bond acceptors (Lipinski definition) is 1. The standard InChI is InChI=1S/C22H39NO/c1-3-4-5-6-7-8-9-10-21(24)23-17(2)22-14-18-11-19(15-22)13-20(12-18)16-22/h17-20H,3-16H2,1-2H3,(H,23,24). The van der Waals surface area contributed by atoms with Gasteiger partial charge in [0.1, 0.15) is 0 Å². The Morgan fingerprint density at radius 2 is 1.42 bits per heavy atom. The van der Waals surface area contributed by atoms with Crippen molar-refractivity contribution in [2.24, 2.45) is 23.2 Å². The summed E-state index contributed by atoms with van der Waals surface area (Å²) in [7, 11) is 0. The molecule has 4 aliphatic rings. The van der Waals surface area contributed by atoms with E-state index in [4.69, 9.17) is 0 Å². The van der Waals surface area contributed by atoms with E-state index >= 15 is 0 Å². The quantitative estimate of drug-likeness (QED) is 0.499.